The van der Waals surface area contributed by atoms with Crippen molar-refractivity contribution in [2.45, 2.75) is 45.1 Å². The molecule has 0 spiro atoms. The fourth-order valence-corrected chi connectivity index (χ4v) is 2.90. The lowest BCUT2D eigenvalue weighted by Crippen LogP contribution is -2.28. The zero-order chi connectivity index (χ0) is 14.7. The van der Waals surface area contributed by atoms with Crippen molar-refractivity contribution in [2.24, 2.45) is 4.99 Å². The van der Waals surface area contributed by atoms with Gasteiger partial charge in [-0.2, -0.15) is 4.98 Å². The van der Waals surface area contributed by atoms with Crippen LogP contribution in [0.3, 0.4) is 0 Å². The van der Waals surface area contributed by atoms with E-state index in [0.29, 0.717) is 28.5 Å². The van der Waals surface area contributed by atoms with E-state index in [-0.39, 0.29) is 6.10 Å². The lowest BCUT2D eigenvalue weighted by molar-refractivity contribution is 0.149. The Kier molecular flexibility index (Phi) is 4.43. The summed E-state index contributed by atoms with van der Waals surface area (Å²) in [6.07, 6.45) is 6.05. The van der Waals surface area contributed by atoms with E-state index < -0.39 is 0 Å². The summed E-state index contributed by atoms with van der Waals surface area (Å²) in [5.74, 6) is 1.83. The van der Waals surface area contributed by atoms with Crippen LogP contribution in [-0.4, -0.2) is 35.1 Å². The first-order valence-corrected chi connectivity index (χ1v) is 7.86. The fourth-order valence-electron chi connectivity index (χ4n) is 2.65. The molecule has 1 fully saturated rings. The van der Waals surface area contributed by atoms with Gasteiger partial charge in [-0.3, -0.25) is 4.99 Å². The molecular weight excluding hydrogens is 290 g/mol. The van der Waals surface area contributed by atoms with Crippen LogP contribution < -0.4 is 15.4 Å². The minimum atomic E-state index is 0.211. The van der Waals surface area contributed by atoms with Crippen LogP contribution in [-0.2, 0) is 0 Å². The van der Waals surface area contributed by atoms with E-state index in [1.807, 2.05) is 6.92 Å². The number of aliphatic imine (C=N–C) groups is 1. The van der Waals surface area contributed by atoms with Crippen molar-refractivity contribution in [3.8, 4) is 5.88 Å². The zero-order valence-corrected chi connectivity index (χ0v) is 12.9. The SMILES string of the molecule is Cc1nc(Cl)c(NC2=NCCN2)c(OC2CCCCC2)n1. The zero-order valence-electron chi connectivity index (χ0n) is 12.2. The lowest BCUT2D eigenvalue weighted by atomic mass is 9.98. The molecule has 3 rings (SSSR count). The molecule has 6 nitrogen and oxygen atoms in total. The summed E-state index contributed by atoms with van der Waals surface area (Å²) in [6.45, 7) is 3.39. The van der Waals surface area contributed by atoms with Gasteiger partial charge in [-0.1, -0.05) is 18.0 Å². The highest BCUT2D eigenvalue weighted by molar-refractivity contribution is 6.32. The molecule has 1 aliphatic carbocycles. The van der Waals surface area contributed by atoms with E-state index in [1.54, 1.807) is 0 Å². The minimum Gasteiger partial charge on any atom is -0.473 e. The normalized spacial score (nSPS) is 19.0. The van der Waals surface area contributed by atoms with Gasteiger partial charge in [0.25, 0.3) is 0 Å². The Labute approximate surface area is 129 Å². The summed E-state index contributed by atoms with van der Waals surface area (Å²) in [4.78, 5) is 12.9. The molecule has 2 N–H and O–H groups in total. The van der Waals surface area contributed by atoms with Crippen LogP contribution in [0.25, 0.3) is 0 Å². The van der Waals surface area contributed by atoms with Crippen LogP contribution in [0.5, 0.6) is 5.88 Å². The van der Waals surface area contributed by atoms with E-state index in [1.165, 1.54) is 19.3 Å². The highest BCUT2D eigenvalue weighted by Crippen LogP contribution is 2.32. The predicted molar refractivity (Wildman–Crippen MR) is 83.2 cm³/mol. The van der Waals surface area contributed by atoms with E-state index >= 15 is 0 Å². The molecule has 1 aliphatic heterocycles. The monoisotopic (exact) mass is 309 g/mol. The molecule has 0 radical (unpaired) electrons. The van der Waals surface area contributed by atoms with Crippen LogP contribution in [0.15, 0.2) is 4.99 Å². The molecule has 0 bridgehead atoms. The molecule has 0 amide bonds. The first-order valence-electron chi connectivity index (χ1n) is 7.48. The largest absolute Gasteiger partial charge is 0.473 e. The second-order valence-electron chi connectivity index (χ2n) is 5.40. The number of nitrogens with one attached hydrogen (secondary N) is 2. The minimum absolute atomic E-state index is 0.211. The summed E-state index contributed by atoms with van der Waals surface area (Å²) < 4.78 is 6.08. The maximum Gasteiger partial charge on any atom is 0.243 e. The number of anilines is 1. The molecule has 2 heterocycles. The van der Waals surface area contributed by atoms with E-state index in [9.17, 15) is 0 Å². The molecule has 1 aromatic heterocycles. The third kappa shape index (κ3) is 3.56. The Morgan fingerprint density at radius 2 is 2.05 bits per heavy atom. The molecule has 7 heteroatoms. The Hall–Kier alpha value is -1.56. The second-order valence-corrected chi connectivity index (χ2v) is 5.76. The van der Waals surface area contributed by atoms with Gasteiger partial charge in [0.05, 0.1) is 6.54 Å². The molecular formula is C14H20ClN5O. The Balaban J connectivity index is 1.82. The van der Waals surface area contributed by atoms with Crippen molar-refractivity contribution < 1.29 is 4.74 Å². The summed E-state index contributed by atoms with van der Waals surface area (Å²) in [5, 5.41) is 6.66. The van der Waals surface area contributed by atoms with Crippen molar-refractivity contribution in [3.63, 3.8) is 0 Å². The first-order chi connectivity index (χ1) is 10.2. The molecule has 0 atom stereocenters. The number of ether oxygens (including phenoxy) is 1. The van der Waals surface area contributed by atoms with Gasteiger partial charge in [-0.25, -0.2) is 4.98 Å². The van der Waals surface area contributed by atoms with Crippen molar-refractivity contribution in [1.29, 1.82) is 0 Å². The van der Waals surface area contributed by atoms with Gasteiger partial charge in [0, 0.05) is 6.54 Å². The summed E-state index contributed by atoms with van der Waals surface area (Å²) in [6, 6.07) is 0. The number of guanidine groups is 1. The molecule has 114 valence electrons. The molecule has 21 heavy (non-hydrogen) atoms. The van der Waals surface area contributed by atoms with Crippen LogP contribution in [0.4, 0.5) is 5.69 Å². The van der Waals surface area contributed by atoms with Gasteiger partial charge >= 0.3 is 0 Å². The van der Waals surface area contributed by atoms with Crippen molar-refractivity contribution >= 4 is 23.2 Å². The second kappa shape index (κ2) is 6.47. The van der Waals surface area contributed by atoms with Crippen LogP contribution >= 0.6 is 11.6 Å². The van der Waals surface area contributed by atoms with Crippen LogP contribution in [0.2, 0.25) is 5.15 Å². The molecule has 1 aromatic rings. The standard InChI is InChI=1S/C14H20ClN5O/c1-9-18-12(15)11(20-14-16-7-8-17-14)13(19-9)21-10-5-3-2-4-6-10/h10H,2-8H2,1H3,(H2,16,17,20). The number of aryl methyl sites for hydroxylation is 1. The molecule has 2 aliphatic rings. The van der Waals surface area contributed by atoms with Crippen LogP contribution in [0.1, 0.15) is 37.9 Å². The van der Waals surface area contributed by atoms with Crippen LogP contribution in [0, 0.1) is 6.92 Å². The third-order valence-electron chi connectivity index (χ3n) is 3.69. The average molecular weight is 310 g/mol. The van der Waals surface area contributed by atoms with Gasteiger partial charge in [-0.05, 0) is 32.6 Å². The van der Waals surface area contributed by atoms with Gasteiger partial charge in [0.2, 0.25) is 5.88 Å². The topological polar surface area (TPSA) is 71.4 Å². The molecule has 0 saturated heterocycles. The highest BCUT2D eigenvalue weighted by atomic mass is 35.5. The third-order valence-corrected chi connectivity index (χ3v) is 3.97. The quantitative estimate of drug-likeness (QED) is 0.840. The number of hydrogen-bond acceptors (Lipinski definition) is 6. The van der Waals surface area contributed by atoms with E-state index in [2.05, 4.69) is 25.6 Å². The first kappa shape index (κ1) is 14.4. The van der Waals surface area contributed by atoms with Gasteiger partial charge < -0.3 is 15.4 Å². The van der Waals surface area contributed by atoms with Gasteiger partial charge in [0.1, 0.15) is 17.6 Å². The number of aromatic nitrogens is 2. The van der Waals surface area contributed by atoms with Gasteiger partial charge in [-0.15, -0.1) is 0 Å². The molecule has 0 aromatic carbocycles. The van der Waals surface area contributed by atoms with E-state index in [0.717, 1.165) is 25.9 Å². The number of hydrogen-bond donors (Lipinski definition) is 2. The number of halogens is 1. The fraction of sp³-hybridized carbons (Fsp3) is 0.643. The molecule has 0 unspecified atom stereocenters. The predicted octanol–water partition coefficient (Wildman–Crippen LogP) is 2.52. The smallest absolute Gasteiger partial charge is 0.243 e. The lowest BCUT2D eigenvalue weighted by Gasteiger charge is -2.24. The van der Waals surface area contributed by atoms with Gasteiger partial charge in [0.15, 0.2) is 11.1 Å². The summed E-state index contributed by atoms with van der Waals surface area (Å²) in [5.41, 5.74) is 0.598. The summed E-state index contributed by atoms with van der Waals surface area (Å²) >= 11 is 6.25. The average Bonchev–Trinajstić information content (AvgIpc) is 2.97. The Bertz CT molecular complexity index is 542. The van der Waals surface area contributed by atoms with Crippen molar-refractivity contribution in [2.75, 3.05) is 18.4 Å². The van der Waals surface area contributed by atoms with Crippen molar-refractivity contribution in [1.82, 2.24) is 15.3 Å². The number of nitrogens with zero attached hydrogens (tertiary/aromatic N) is 3. The van der Waals surface area contributed by atoms with E-state index in [4.69, 9.17) is 16.3 Å². The Morgan fingerprint density at radius 1 is 1.24 bits per heavy atom. The molecule has 1 saturated carbocycles. The van der Waals surface area contributed by atoms with Crippen molar-refractivity contribution in [3.05, 3.63) is 11.0 Å². The highest BCUT2D eigenvalue weighted by Gasteiger charge is 2.21. The Morgan fingerprint density at radius 3 is 2.76 bits per heavy atom. The maximum absolute atomic E-state index is 6.25. The number of rotatable bonds is 3. The summed E-state index contributed by atoms with van der Waals surface area (Å²) in [7, 11) is 0. The maximum atomic E-state index is 6.25.